The Kier molecular flexibility index (Phi) is 2.65. The molecule has 0 aliphatic carbocycles. The number of Topliss-reactive ketones (excluding diaryl/α,β-unsaturated/α-hetero) is 1. The summed E-state index contributed by atoms with van der Waals surface area (Å²) in [5.74, 6) is 0.117. The number of anilines is 1. The maximum Gasteiger partial charge on any atom is 0.185 e. The van der Waals surface area contributed by atoms with Gasteiger partial charge >= 0.3 is 0 Å². The smallest absolute Gasteiger partial charge is 0.185 e. The highest BCUT2D eigenvalue weighted by Crippen LogP contribution is 2.30. The molecule has 1 atom stereocenters. The van der Waals surface area contributed by atoms with Gasteiger partial charge in [0.05, 0.1) is 10.7 Å². The fourth-order valence-corrected chi connectivity index (χ4v) is 2.13. The van der Waals surface area contributed by atoms with E-state index in [9.17, 15) is 4.79 Å². The quantitative estimate of drug-likeness (QED) is 0.735. The summed E-state index contributed by atoms with van der Waals surface area (Å²) in [5.41, 5.74) is 1.40. The predicted molar refractivity (Wildman–Crippen MR) is 60.7 cm³/mol. The van der Waals surface area contributed by atoms with E-state index >= 15 is 0 Å². The van der Waals surface area contributed by atoms with Crippen LogP contribution in [0, 0.1) is 0 Å². The molecule has 0 fully saturated rings. The van der Waals surface area contributed by atoms with E-state index in [1.54, 1.807) is 0 Å². The summed E-state index contributed by atoms with van der Waals surface area (Å²) in [7, 11) is 1.98. The SMILES string of the molecule is CCC1CC(=O)c2ncc(Cl)cc2N1C. The van der Waals surface area contributed by atoms with Gasteiger partial charge in [0.15, 0.2) is 5.78 Å². The van der Waals surface area contributed by atoms with Crippen LogP contribution in [-0.2, 0) is 0 Å². The lowest BCUT2D eigenvalue weighted by atomic mass is 9.97. The summed E-state index contributed by atoms with van der Waals surface area (Å²) >= 11 is 5.88. The Balaban J connectivity index is 2.50. The fraction of sp³-hybridized carbons (Fsp3) is 0.455. The van der Waals surface area contributed by atoms with Gasteiger partial charge in [0.2, 0.25) is 0 Å². The Hall–Kier alpha value is -1.09. The lowest BCUT2D eigenvalue weighted by Crippen LogP contribution is -2.38. The van der Waals surface area contributed by atoms with Gasteiger partial charge in [-0.3, -0.25) is 4.79 Å². The molecule has 0 N–H and O–H groups in total. The number of ketones is 1. The van der Waals surface area contributed by atoms with Crippen molar-refractivity contribution in [3.8, 4) is 0 Å². The molecule has 1 aromatic rings. The standard InChI is InChI=1S/C11H13ClN2O/c1-3-8-5-10(15)11-9(14(8)2)4-7(12)6-13-11/h4,6,8H,3,5H2,1-2H3. The Morgan fingerprint density at radius 3 is 3.07 bits per heavy atom. The molecule has 2 rings (SSSR count). The first-order valence-corrected chi connectivity index (χ1v) is 5.43. The van der Waals surface area contributed by atoms with Gasteiger partial charge in [-0.1, -0.05) is 18.5 Å². The number of rotatable bonds is 1. The van der Waals surface area contributed by atoms with Crippen molar-refractivity contribution in [1.82, 2.24) is 4.98 Å². The highest BCUT2D eigenvalue weighted by molar-refractivity contribution is 6.31. The highest BCUT2D eigenvalue weighted by atomic mass is 35.5. The van der Waals surface area contributed by atoms with Gasteiger partial charge in [-0.25, -0.2) is 4.98 Å². The van der Waals surface area contributed by atoms with Crippen LogP contribution in [0.15, 0.2) is 12.3 Å². The summed E-state index contributed by atoms with van der Waals surface area (Å²) in [5, 5.41) is 0.574. The molecule has 80 valence electrons. The molecular weight excluding hydrogens is 212 g/mol. The van der Waals surface area contributed by atoms with Crippen molar-refractivity contribution in [2.45, 2.75) is 25.8 Å². The molecule has 0 amide bonds. The minimum Gasteiger partial charge on any atom is -0.369 e. The van der Waals surface area contributed by atoms with Crippen LogP contribution < -0.4 is 4.90 Å². The van der Waals surface area contributed by atoms with E-state index in [-0.39, 0.29) is 11.8 Å². The van der Waals surface area contributed by atoms with Crippen LogP contribution in [0.5, 0.6) is 0 Å². The monoisotopic (exact) mass is 224 g/mol. The van der Waals surface area contributed by atoms with Gasteiger partial charge in [0.1, 0.15) is 5.69 Å². The number of carbonyl (C=O) groups is 1. The third-order valence-corrected chi connectivity index (χ3v) is 3.13. The first-order chi connectivity index (χ1) is 7.13. The number of carbonyl (C=O) groups excluding carboxylic acids is 1. The number of halogens is 1. The van der Waals surface area contributed by atoms with Gasteiger partial charge in [-0.05, 0) is 12.5 Å². The first kappa shape index (κ1) is 10.4. The number of hydrogen-bond donors (Lipinski definition) is 0. The normalized spacial score (nSPS) is 20.3. The van der Waals surface area contributed by atoms with Crippen LogP contribution in [0.2, 0.25) is 5.02 Å². The average Bonchev–Trinajstić information content (AvgIpc) is 2.23. The minimum absolute atomic E-state index is 0.117. The van der Waals surface area contributed by atoms with E-state index in [0.29, 0.717) is 17.1 Å². The molecule has 1 aromatic heterocycles. The van der Waals surface area contributed by atoms with E-state index in [2.05, 4.69) is 16.8 Å². The molecule has 0 spiro atoms. The second kappa shape index (κ2) is 3.81. The van der Waals surface area contributed by atoms with E-state index in [0.717, 1.165) is 12.1 Å². The van der Waals surface area contributed by atoms with Crippen molar-refractivity contribution in [3.63, 3.8) is 0 Å². The number of nitrogens with zero attached hydrogens (tertiary/aromatic N) is 2. The van der Waals surface area contributed by atoms with Crippen molar-refractivity contribution >= 4 is 23.1 Å². The van der Waals surface area contributed by atoms with E-state index in [1.165, 1.54) is 6.20 Å². The van der Waals surface area contributed by atoms with Gasteiger partial charge in [-0.15, -0.1) is 0 Å². The molecule has 0 bridgehead atoms. The second-order valence-electron chi connectivity index (χ2n) is 3.82. The molecule has 0 aromatic carbocycles. The topological polar surface area (TPSA) is 33.2 Å². The summed E-state index contributed by atoms with van der Waals surface area (Å²) in [6, 6.07) is 2.08. The molecule has 3 nitrogen and oxygen atoms in total. The predicted octanol–water partition coefficient (Wildman–Crippen LogP) is 2.54. The van der Waals surface area contributed by atoms with Crippen LogP contribution >= 0.6 is 11.6 Å². The maximum absolute atomic E-state index is 11.8. The molecule has 15 heavy (non-hydrogen) atoms. The van der Waals surface area contributed by atoms with E-state index in [4.69, 9.17) is 11.6 Å². The maximum atomic E-state index is 11.8. The van der Waals surface area contributed by atoms with Crippen molar-refractivity contribution in [2.75, 3.05) is 11.9 Å². The lowest BCUT2D eigenvalue weighted by Gasteiger charge is -2.33. The fourth-order valence-electron chi connectivity index (χ4n) is 1.97. The Morgan fingerprint density at radius 1 is 1.67 bits per heavy atom. The third kappa shape index (κ3) is 1.72. The summed E-state index contributed by atoms with van der Waals surface area (Å²) < 4.78 is 0. The van der Waals surface area contributed by atoms with Crippen LogP contribution in [-0.4, -0.2) is 23.9 Å². The van der Waals surface area contributed by atoms with Gasteiger partial charge in [0.25, 0.3) is 0 Å². The molecule has 4 heteroatoms. The molecule has 0 saturated heterocycles. The Morgan fingerprint density at radius 2 is 2.40 bits per heavy atom. The van der Waals surface area contributed by atoms with Gasteiger partial charge in [0, 0.05) is 25.7 Å². The second-order valence-corrected chi connectivity index (χ2v) is 4.26. The summed E-state index contributed by atoms with van der Waals surface area (Å²) in [6.45, 7) is 2.08. The van der Waals surface area contributed by atoms with Crippen LogP contribution in [0.25, 0.3) is 0 Å². The molecule has 1 aliphatic heterocycles. The Labute approximate surface area is 94.1 Å². The van der Waals surface area contributed by atoms with E-state index in [1.807, 2.05) is 13.1 Å². The summed E-state index contributed by atoms with van der Waals surface area (Å²) in [4.78, 5) is 18.0. The zero-order valence-corrected chi connectivity index (χ0v) is 9.58. The first-order valence-electron chi connectivity index (χ1n) is 5.05. The number of pyridine rings is 1. The average molecular weight is 225 g/mol. The van der Waals surface area contributed by atoms with Crippen molar-refractivity contribution < 1.29 is 4.79 Å². The Bertz CT molecular complexity index is 406. The minimum atomic E-state index is 0.117. The van der Waals surface area contributed by atoms with Gasteiger partial charge < -0.3 is 4.90 Å². The summed E-state index contributed by atoms with van der Waals surface area (Å²) in [6.07, 6.45) is 3.03. The zero-order valence-electron chi connectivity index (χ0n) is 8.83. The molecule has 1 unspecified atom stereocenters. The van der Waals surface area contributed by atoms with Crippen molar-refractivity contribution in [2.24, 2.45) is 0 Å². The van der Waals surface area contributed by atoms with Gasteiger partial charge in [-0.2, -0.15) is 0 Å². The van der Waals surface area contributed by atoms with E-state index < -0.39 is 0 Å². The molecule has 1 aliphatic rings. The molecule has 2 heterocycles. The number of fused-ring (bicyclic) bond motifs is 1. The third-order valence-electron chi connectivity index (χ3n) is 2.92. The number of hydrogen-bond acceptors (Lipinski definition) is 3. The number of aromatic nitrogens is 1. The van der Waals surface area contributed by atoms with Crippen LogP contribution in [0.1, 0.15) is 30.3 Å². The molecule has 0 saturated carbocycles. The van der Waals surface area contributed by atoms with Crippen molar-refractivity contribution in [1.29, 1.82) is 0 Å². The van der Waals surface area contributed by atoms with Crippen LogP contribution in [0.4, 0.5) is 5.69 Å². The molecule has 0 radical (unpaired) electrons. The van der Waals surface area contributed by atoms with Crippen molar-refractivity contribution in [3.05, 3.63) is 23.0 Å². The highest BCUT2D eigenvalue weighted by Gasteiger charge is 2.29. The lowest BCUT2D eigenvalue weighted by molar-refractivity contribution is 0.0961. The largest absolute Gasteiger partial charge is 0.369 e. The molecular formula is C11H13ClN2O. The zero-order chi connectivity index (χ0) is 11.0. The van der Waals surface area contributed by atoms with Crippen LogP contribution in [0.3, 0.4) is 0 Å².